The number of phenolic OH excluding ortho intramolecular Hbond substituents is 1. The monoisotopic (exact) mass is 404 g/mol. The molecule has 5 nitrogen and oxygen atoms in total. The zero-order valence-corrected chi connectivity index (χ0v) is 16.5. The van der Waals surface area contributed by atoms with Crippen molar-refractivity contribution in [1.82, 2.24) is 4.90 Å². The first kappa shape index (κ1) is 19.6. The average molecular weight is 404 g/mol. The topological polar surface area (TPSA) is 69.6 Å². The Morgan fingerprint density at radius 1 is 1.03 bits per heavy atom. The van der Waals surface area contributed by atoms with Crippen LogP contribution in [0, 0.1) is 12.7 Å². The predicted octanol–water partition coefficient (Wildman–Crippen LogP) is 4.03. The highest BCUT2D eigenvalue weighted by atomic mass is 19.1. The van der Waals surface area contributed by atoms with Crippen molar-refractivity contribution in [1.29, 1.82) is 0 Å². The van der Waals surface area contributed by atoms with Gasteiger partial charge < -0.3 is 15.3 Å². The fourth-order valence-corrected chi connectivity index (χ4v) is 3.73. The molecule has 0 aromatic heterocycles. The summed E-state index contributed by atoms with van der Waals surface area (Å²) >= 11 is 0. The van der Waals surface area contributed by atoms with Crippen LogP contribution < -0.4 is 5.32 Å². The van der Waals surface area contributed by atoms with E-state index in [1.54, 1.807) is 48.5 Å². The van der Waals surface area contributed by atoms with Crippen molar-refractivity contribution < 1.29 is 19.1 Å². The number of nitrogens with one attached hydrogen (secondary N) is 1. The minimum atomic E-state index is -0.796. The summed E-state index contributed by atoms with van der Waals surface area (Å²) in [5, 5.41) is 12.7. The van der Waals surface area contributed by atoms with E-state index in [2.05, 4.69) is 5.32 Å². The third-order valence-corrected chi connectivity index (χ3v) is 5.32. The fraction of sp³-hybridized carbons (Fsp3) is 0.167. The van der Waals surface area contributed by atoms with Crippen molar-refractivity contribution in [3.63, 3.8) is 0 Å². The summed E-state index contributed by atoms with van der Waals surface area (Å²) in [6.07, 6.45) is 0.563. The number of aromatic hydroxyl groups is 1. The van der Waals surface area contributed by atoms with Gasteiger partial charge in [-0.1, -0.05) is 42.0 Å². The van der Waals surface area contributed by atoms with Crippen LogP contribution >= 0.6 is 0 Å². The molecular weight excluding hydrogens is 383 g/mol. The van der Waals surface area contributed by atoms with Crippen LogP contribution in [0.5, 0.6) is 5.75 Å². The predicted molar refractivity (Wildman–Crippen MR) is 112 cm³/mol. The number of phenols is 1. The number of carbonyl (C=O) groups excluding carboxylic acids is 2. The molecule has 1 aliphatic rings. The van der Waals surface area contributed by atoms with Crippen LogP contribution in [0.4, 0.5) is 10.1 Å². The summed E-state index contributed by atoms with van der Waals surface area (Å²) in [5.74, 6) is -1.78. The van der Waals surface area contributed by atoms with Gasteiger partial charge in [-0.3, -0.25) is 9.59 Å². The SMILES string of the molecule is Cc1ccc(NC(=O)C(=O)N2CCc3cccc(O)c3C2)c(-c2ccccc2F)c1. The van der Waals surface area contributed by atoms with Crippen molar-refractivity contribution in [3.05, 3.63) is 83.2 Å². The van der Waals surface area contributed by atoms with Crippen LogP contribution in [0.2, 0.25) is 0 Å². The van der Waals surface area contributed by atoms with E-state index < -0.39 is 17.6 Å². The number of halogens is 1. The molecule has 1 aliphatic heterocycles. The lowest BCUT2D eigenvalue weighted by Gasteiger charge is -2.28. The summed E-state index contributed by atoms with van der Waals surface area (Å²) in [7, 11) is 0. The number of rotatable bonds is 2. The van der Waals surface area contributed by atoms with Gasteiger partial charge in [-0.25, -0.2) is 4.39 Å². The first-order valence-electron chi connectivity index (χ1n) is 9.69. The second kappa shape index (κ2) is 7.99. The molecule has 0 saturated carbocycles. The Hall–Kier alpha value is -3.67. The Labute approximate surface area is 173 Å². The van der Waals surface area contributed by atoms with Crippen LogP contribution in [-0.4, -0.2) is 28.4 Å². The first-order valence-corrected chi connectivity index (χ1v) is 9.69. The molecule has 2 amide bonds. The molecule has 1 heterocycles. The number of hydrogen-bond donors (Lipinski definition) is 2. The molecule has 2 N–H and O–H groups in total. The first-order chi connectivity index (χ1) is 14.4. The zero-order chi connectivity index (χ0) is 21.3. The Kier molecular flexibility index (Phi) is 5.23. The molecule has 30 heavy (non-hydrogen) atoms. The number of carbonyl (C=O) groups is 2. The Balaban J connectivity index is 1.57. The molecular formula is C24H21FN2O3. The van der Waals surface area contributed by atoms with E-state index in [0.29, 0.717) is 35.3 Å². The summed E-state index contributed by atoms with van der Waals surface area (Å²) in [6, 6.07) is 16.8. The maximum atomic E-state index is 14.3. The standard InChI is InChI=1S/C24H21FN2O3/c1-15-9-10-21(18(13-15)17-6-2-3-7-20(17)25)26-23(29)24(30)27-12-11-16-5-4-8-22(28)19(16)14-27/h2-10,13,28H,11-12,14H2,1H3,(H,26,29). The molecule has 0 radical (unpaired) electrons. The lowest BCUT2D eigenvalue weighted by molar-refractivity contribution is -0.143. The maximum absolute atomic E-state index is 14.3. The van der Waals surface area contributed by atoms with Gasteiger partial charge in [-0.15, -0.1) is 0 Å². The fourth-order valence-electron chi connectivity index (χ4n) is 3.73. The van der Waals surface area contributed by atoms with Gasteiger partial charge in [0.25, 0.3) is 0 Å². The molecule has 0 spiro atoms. The molecule has 0 fully saturated rings. The second-order valence-corrected chi connectivity index (χ2v) is 7.37. The largest absolute Gasteiger partial charge is 0.508 e. The van der Waals surface area contributed by atoms with Gasteiger partial charge in [0, 0.05) is 28.9 Å². The maximum Gasteiger partial charge on any atom is 0.313 e. The number of nitrogens with zero attached hydrogens (tertiary/aromatic N) is 1. The highest BCUT2D eigenvalue weighted by Crippen LogP contribution is 2.31. The van der Waals surface area contributed by atoms with Crippen molar-refractivity contribution >= 4 is 17.5 Å². The van der Waals surface area contributed by atoms with Gasteiger partial charge in [-0.05, 0) is 43.2 Å². The van der Waals surface area contributed by atoms with Crippen molar-refractivity contribution in [2.75, 3.05) is 11.9 Å². The van der Waals surface area contributed by atoms with Gasteiger partial charge >= 0.3 is 11.8 Å². The molecule has 0 atom stereocenters. The van der Waals surface area contributed by atoms with E-state index in [9.17, 15) is 19.1 Å². The molecule has 152 valence electrons. The number of hydrogen-bond acceptors (Lipinski definition) is 3. The van der Waals surface area contributed by atoms with Crippen molar-refractivity contribution in [2.45, 2.75) is 19.9 Å². The summed E-state index contributed by atoms with van der Waals surface area (Å²) in [5.41, 5.74) is 3.76. The normalized spacial score (nSPS) is 12.9. The Morgan fingerprint density at radius 2 is 1.83 bits per heavy atom. The summed E-state index contributed by atoms with van der Waals surface area (Å²) in [6.45, 7) is 2.43. The molecule has 0 aliphatic carbocycles. The average Bonchev–Trinajstić information content (AvgIpc) is 2.75. The molecule has 0 saturated heterocycles. The summed E-state index contributed by atoms with van der Waals surface area (Å²) < 4.78 is 14.3. The van der Waals surface area contributed by atoms with E-state index in [1.807, 2.05) is 13.0 Å². The van der Waals surface area contributed by atoms with Gasteiger partial charge in [0.15, 0.2) is 0 Å². The molecule has 6 heteroatoms. The smallest absolute Gasteiger partial charge is 0.313 e. The minimum absolute atomic E-state index is 0.116. The van der Waals surface area contributed by atoms with Crippen LogP contribution in [0.1, 0.15) is 16.7 Å². The van der Waals surface area contributed by atoms with Gasteiger partial charge in [0.2, 0.25) is 0 Å². The van der Waals surface area contributed by atoms with Crippen molar-refractivity contribution in [2.24, 2.45) is 0 Å². The highest BCUT2D eigenvalue weighted by molar-refractivity contribution is 6.39. The van der Waals surface area contributed by atoms with E-state index >= 15 is 0 Å². The van der Waals surface area contributed by atoms with Crippen LogP contribution in [-0.2, 0) is 22.6 Å². The lowest BCUT2D eigenvalue weighted by Crippen LogP contribution is -2.42. The van der Waals surface area contributed by atoms with E-state index in [1.165, 1.54) is 11.0 Å². The van der Waals surface area contributed by atoms with E-state index in [-0.39, 0.29) is 12.3 Å². The number of anilines is 1. The van der Waals surface area contributed by atoms with Crippen molar-refractivity contribution in [3.8, 4) is 16.9 Å². The second-order valence-electron chi connectivity index (χ2n) is 7.37. The molecule has 4 rings (SSSR count). The third-order valence-electron chi connectivity index (χ3n) is 5.32. The minimum Gasteiger partial charge on any atom is -0.508 e. The van der Waals surface area contributed by atoms with Gasteiger partial charge in [-0.2, -0.15) is 0 Å². The molecule has 3 aromatic rings. The Morgan fingerprint density at radius 3 is 2.63 bits per heavy atom. The van der Waals surface area contributed by atoms with Crippen LogP contribution in [0.15, 0.2) is 60.7 Å². The highest BCUT2D eigenvalue weighted by Gasteiger charge is 2.27. The number of aryl methyl sites for hydroxylation is 1. The summed E-state index contributed by atoms with van der Waals surface area (Å²) in [4.78, 5) is 26.9. The third kappa shape index (κ3) is 3.76. The quantitative estimate of drug-likeness (QED) is 0.634. The lowest BCUT2D eigenvalue weighted by atomic mass is 9.98. The zero-order valence-electron chi connectivity index (χ0n) is 16.5. The Bertz CT molecular complexity index is 1140. The number of benzene rings is 3. The molecule has 3 aromatic carbocycles. The number of amides is 2. The van der Waals surface area contributed by atoms with Crippen LogP contribution in [0.25, 0.3) is 11.1 Å². The van der Waals surface area contributed by atoms with Gasteiger partial charge in [0.1, 0.15) is 11.6 Å². The van der Waals surface area contributed by atoms with Gasteiger partial charge in [0.05, 0.1) is 6.54 Å². The van der Waals surface area contributed by atoms with Crippen LogP contribution in [0.3, 0.4) is 0 Å². The van der Waals surface area contributed by atoms with E-state index in [0.717, 1.165) is 11.1 Å². The number of fused-ring (bicyclic) bond motifs is 1. The van der Waals surface area contributed by atoms with E-state index in [4.69, 9.17) is 0 Å². The molecule has 0 bridgehead atoms. The molecule has 0 unspecified atom stereocenters.